The van der Waals surface area contributed by atoms with Crippen molar-refractivity contribution in [2.24, 2.45) is 0 Å². The van der Waals surface area contributed by atoms with Gasteiger partial charge in [0.25, 0.3) is 0 Å². The van der Waals surface area contributed by atoms with E-state index in [1.165, 1.54) is 0 Å². The molecule has 2 rings (SSSR count). The second-order valence-electron chi connectivity index (χ2n) is 7.41. The van der Waals surface area contributed by atoms with Gasteiger partial charge in [-0.25, -0.2) is 0 Å². The standard InChI is InChI=1S/C22H27Cl3O4/c1-4-16(26)12-28-18-7-5-14(6-8-18)22(2,3)15-9-19(24)21(20(25)10-15)29-13-17(27)11-23/h5-10,16-17,26-27H,4,11-13H2,1-3H3/t16-,17+/m0/s1. The SMILES string of the molecule is CC[C@H](O)COc1ccc(C(C)(C)c2cc(Cl)c(OC[C@H](O)CCl)c(Cl)c2)cc1. The van der Waals surface area contributed by atoms with Crippen LogP contribution in [-0.4, -0.2) is 41.5 Å². The topological polar surface area (TPSA) is 58.9 Å². The van der Waals surface area contributed by atoms with E-state index in [-0.39, 0.29) is 24.5 Å². The lowest BCUT2D eigenvalue weighted by Gasteiger charge is -2.27. The Kier molecular flexibility index (Phi) is 8.92. The van der Waals surface area contributed by atoms with E-state index in [4.69, 9.17) is 44.3 Å². The molecule has 2 aromatic carbocycles. The highest BCUT2D eigenvalue weighted by atomic mass is 35.5. The second kappa shape index (κ2) is 10.7. The van der Waals surface area contributed by atoms with Crippen LogP contribution >= 0.6 is 34.8 Å². The molecule has 0 aliphatic heterocycles. The van der Waals surface area contributed by atoms with Crippen LogP contribution in [0.1, 0.15) is 38.3 Å². The smallest absolute Gasteiger partial charge is 0.156 e. The Balaban J connectivity index is 2.19. The molecule has 160 valence electrons. The Morgan fingerprint density at radius 1 is 0.897 bits per heavy atom. The van der Waals surface area contributed by atoms with Gasteiger partial charge >= 0.3 is 0 Å². The average Bonchev–Trinajstić information content (AvgIpc) is 2.71. The highest BCUT2D eigenvalue weighted by Crippen LogP contribution is 2.40. The van der Waals surface area contributed by atoms with Gasteiger partial charge in [-0.2, -0.15) is 0 Å². The lowest BCUT2D eigenvalue weighted by Crippen LogP contribution is -2.21. The van der Waals surface area contributed by atoms with Crippen LogP contribution in [0.5, 0.6) is 11.5 Å². The van der Waals surface area contributed by atoms with Crippen LogP contribution in [-0.2, 0) is 5.41 Å². The van der Waals surface area contributed by atoms with Crippen molar-refractivity contribution >= 4 is 34.8 Å². The zero-order valence-electron chi connectivity index (χ0n) is 16.8. The molecule has 4 nitrogen and oxygen atoms in total. The van der Waals surface area contributed by atoms with Gasteiger partial charge in [0.15, 0.2) is 5.75 Å². The van der Waals surface area contributed by atoms with Crippen molar-refractivity contribution in [3.8, 4) is 11.5 Å². The normalized spacial score (nSPS) is 13.8. The van der Waals surface area contributed by atoms with Gasteiger partial charge in [-0.3, -0.25) is 0 Å². The van der Waals surface area contributed by atoms with Crippen LogP contribution in [0.2, 0.25) is 10.0 Å². The quantitative estimate of drug-likeness (QED) is 0.462. The molecule has 0 heterocycles. The molecule has 7 heteroatoms. The highest BCUT2D eigenvalue weighted by Gasteiger charge is 2.26. The summed E-state index contributed by atoms with van der Waals surface area (Å²) in [5, 5.41) is 19.9. The van der Waals surface area contributed by atoms with Gasteiger partial charge < -0.3 is 19.7 Å². The number of rotatable bonds is 10. The zero-order valence-corrected chi connectivity index (χ0v) is 19.1. The largest absolute Gasteiger partial charge is 0.491 e. The fourth-order valence-electron chi connectivity index (χ4n) is 2.73. The molecule has 0 spiro atoms. The minimum absolute atomic E-state index is 0.0138. The maximum Gasteiger partial charge on any atom is 0.156 e. The summed E-state index contributed by atoms with van der Waals surface area (Å²) in [6, 6.07) is 11.4. The van der Waals surface area contributed by atoms with E-state index in [0.29, 0.717) is 28.0 Å². The molecule has 0 fully saturated rings. The van der Waals surface area contributed by atoms with Crippen LogP contribution < -0.4 is 9.47 Å². The summed E-state index contributed by atoms with van der Waals surface area (Å²) < 4.78 is 11.1. The summed E-state index contributed by atoms with van der Waals surface area (Å²) in [4.78, 5) is 0. The van der Waals surface area contributed by atoms with Crippen LogP contribution in [0.15, 0.2) is 36.4 Å². The molecule has 2 aromatic rings. The maximum absolute atomic E-state index is 9.63. The Bertz CT molecular complexity index is 770. The first-order valence-corrected chi connectivity index (χ1v) is 10.8. The monoisotopic (exact) mass is 460 g/mol. The van der Waals surface area contributed by atoms with Crippen molar-refractivity contribution in [3.63, 3.8) is 0 Å². The van der Waals surface area contributed by atoms with Crippen LogP contribution in [0, 0.1) is 0 Å². The Morgan fingerprint density at radius 3 is 1.97 bits per heavy atom. The van der Waals surface area contributed by atoms with Crippen molar-refractivity contribution < 1.29 is 19.7 Å². The van der Waals surface area contributed by atoms with Crippen LogP contribution in [0.4, 0.5) is 0 Å². The summed E-state index contributed by atoms with van der Waals surface area (Å²) in [5.41, 5.74) is 1.61. The van der Waals surface area contributed by atoms with Crippen molar-refractivity contribution in [1.82, 2.24) is 0 Å². The van der Waals surface area contributed by atoms with Gasteiger partial charge in [-0.1, -0.05) is 56.1 Å². The van der Waals surface area contributed by atoms with E-state index in [1.54, 1.807) is 0 Å². The molecule has 0 radical (unpaired) electrons. The zero-order chi connectivity index (χ0) is 21.6. The predicted octanol–water partition coefficient (Wildman–Crippen LogP) is 5.45. The van der Waals surface area contributed by atoms with Gasteiger partial charge in [0, 0.05) is 5.41 Å². The molecule has 2 atom stereocenters. The third-order valence-electron chi connectivity index (χ3n) is 4.81. The lowest BCUT2D eigenvalue weighted by atomic mass is 9.78. The average molecular weight is 462 g/mol. The van der Waals surface area contributed by atoms with E-state index in [0.717, 1.165) is 11.1 Å². The third-order valence-corrected chi connectivity index (χ3v) is 5.73. The van der Waals surface area contributed by atoms with E-state index in [2.05, 4.69) is 13.8 Å². The molecule has 0 aliphatic rings. The second-order valence-corrected chi connectivity index (χ2v) is 8.53. The maximum atomic E-state index is 9.63. The Labute approximate surface area is 187 Å². The number of alkyl halides is 1. The highest BCUT2D eigenvalue weighted by molar-refractivity contribution is 6.37. The van der Waals surface area contributed by atoms with Crippen LogP contribution in [0.3, 0.4) is 0 Å². The first-order chi connectivity index (χ1) is 13.7. The fraction of sp³-hybridized carbons (Fsp3) is 0.455. The van der Waals surface area contributed by atoms with Crippen molar-refractivity contribution in [1.29, 1.82) is 0 Å². The molecule has 0 aromatic heterocycles. The number of benzene rings is 2. The predicted molar refractivity (Wildman–Crippen MR) is 119 cm³/mol. The fourth-order valence-corrected chi connectivity index (χ4v) is 3.41. The molecule has 29 heavy (non-hydrogen) atoms. The minimum Gasteiger partial charge on any atom is -0.491 e. The van der Waals surface area contributed by atoms with Crippen molar-refractivity contribution in [2.45, 2.75) is 44.8 Å². The Morgan fingerprint density at radius 2 is 1.45 bits per heavy atom. The molecule has 0 amide bonds. The lowest BCUT2D eigenvalue weighted by molar-refractivity contribution is 0.104. The molecule has 2 N–H and O–H groups in total. The summed E-state index contributed by atoms with van der Waals surface area (Å²) in [6.07, 6.45) is -0.613. The van der Waals surface area contributed by atoms with E-state index in [1.807, 2.05) is 43.3 Å². The first-order valence-electron chi connectivity index (χ1n) is 9.46. The van der Waals surface area contributed by atoms with Gasteiger partial charge in [0.1, 0.15) is 25.1 Å². The summed E-state index contributed by atoms with van der Waals surface area (Å²) in [5.74, 6) is 1.10. The first kappa shape index (κ1) is 24.1. The number of aliphatic hydroxyl groups excluding tert-OH is 2. The van der Waals surface area contributed by atoms with E-state index < -0.39 is 12.2 Å². The molecular formula is C22H27Cl3O4. The number of halogens is 3. The van der Waals surface area contributed by atoms with E-state index in [9.17, 15) is 10.2 Å². The summed E-state index contributed by atoms with van der Waals surface area (Å²) in [6.45, 7) is 6.34. The van der Waals surface area contributed by atoms with Crippen molar-refractivity contribution in [2.75, 3.05) is 19.1 Å². The number of ether oxygens (including phenoxy) is 2. The van der Waals surface area contributed by atoms with Gasteiger partial charge in [0.2, 0.25) is 0 Å². The number of aliphatic hydroxyl groups is 2. The molecule has 0 bridgehead atoms. The number of hydrogen-bond acceptors (Lipinski definition) is 4. The minimum atomic E-state index is -0.793. The van der Waals surface area contributed by atoms with Gasteiger partial charge in [-0.15, -0.1) is 11.6 Å². The van der Waals surface area contributed by atoms with Gasteiger partial charge in [-0.05, 0) is 41.8 Å². The Hall–Kier alpha value is -1.17. The van der Waals surface area contributed by atoms with Crippen LogP contribution in [0.25, 0.3) is 0 Å². The molecule has 0 aliphatic carbocycles. The molecule has 0 unspecified atom stereocenters. The van der Waals surface area contributed by atoms with E-state index >= 15 is 0 Å². The molecular weight excluding hydrogens is 435 g/mol. The molecule has 0 saturated carbocycles. The third kappa shape index (κ3) is 6.40. The molecule has 0 saturated heterocycles. The van der Waals surface area contributed by atoms with Gasteiger partial charge in [0.05, 0.1) is 22.0 Å². The number of hydrogen-bond donors (Lipinski definition) is 2. The summed E-state index contributed by atoms with van der Waals surface area (Å²) >= 11 is 18.4. The summed E-state index contributed by atoms with van der Waals surface area (Å²) in [7, 11) is 0. The van der Waals surface area contributed by atoms with Crippen molar-refractivity contribution in [3.05, 3.63) is 57.6 Å².